The number of ketones is 1. The lowest BCUT2D eigenvalue weighted by Crippen LogP contribution is -2.47. The topological polar surface area (TPSA) is 122 Å². The summed E-state index contributed by atoms with van der Waals surface area (Å²) in [6, 6.07) is 10.1. The number of likely N-dealkylation sites (tertiary alicyclic amines) is 1. The molecule has 0 bridgehead atoms. The summed E-state index contributed by atoms with van der Waals surface area (Å²) < 4.78 is 5.62. The third-order valence-corrected chi connectivity index (χ3v) is 8.79. The smallest absolute Gasteiger partial charge is 0.269 e. The van der Waals surface area contributed by atoms with E-state index in [9.17, 15) is 9.59 Å². The van der Waals surface area contributed by atoms with E-state index in [1.165, 1.54) is 0 Å². The molecule has 2 aliphatic rings. The van der Waals surface area contributed by atoms with Gasteiger partial charge in [-0.3, -0.25) is 9.59 Å². The molecule has 2 aliphatic heterocycles. The maximum atomic E-state index is 13.5. The highest BCUT2D eigenvalue weighted by atomic mass is 16.7. The molecule has 1 fully saturated rings. The molecule has 2 aromatic heterocycles. The Morgan fingerprint density at radius 1 is 1.16 bits per heavy atom. The maximum Gasteiger partial charge on any atom is 0.269 e. The summed E-state index contributed by atoms with van der Waals surface area (Å²) >= 11 is 0. The van der Waals surface area contributed by atoms with Crippen molar-refractivity contribution < 1.29 is 19.2 Å². The molecule has 1 spiro atoms. The lowest BCUT2D eigenvalue weighted by atomic mass is 9.86. The number of aromatic nitrogens is 3. The molecular formula is C33H44N6O4. The molecule has 230 valence electrons. The molecular weight excluding hydrogens is 544 g/mol. The fraction of sp³-hybridized carbons (Fsp3) is 0.545. The van der Waals surface area contributed by atoms with Crippen molar-refractivity contribution in [3.05, 3.63) is 42.4 Å². The Kier molecular flexibility index (Phi) is 9.75. The molecule has 10 heteroatoms. The number of oxime groups is 1. The maximum absolute atomic E-state index is 13.5. The fourth-order valence-corrected chi connectivity index (χ4v) is 6.00. The highest BCUT2D eigenvalue weighted by Crippen LogP contribution is 2.36. The SMILES string of the molecule is CCC(=O)CCCCC[C@H](NC(=O)C1=NOC2(CCN(C(C)C)CC2)C1)c1ncc(-c2cc3ccccc3nc2OC)[nH]1. The summed E-state index contributed by atoms with van der Waals surface area (Å²) in [7, 11) is 1.61. The van der Waals surface area contributed by atoms with Crippen LogP contribution in [0.3, 0.4) is 0 Å². The van der Waals surface area contributed by atoms with E-state index in [0.717, 1.165) is 67.4 Å². The van der Waals surface area contributed by atoms with Crippen molar-refractivity contribution in [2.45, 2.75) is 96.2 Å². The summed E-state index contributed by atoms with van der Waals surface area (Å²) in [5.74, 6) is 1.21. The molecule has 0 unspecified atom stereocenters. The molecule has 10 nitrogen and oxygen atoms in total. The molecule has 0 aliphatic carbocycles. The number of ether oxygens (including phenoxy) is 1. The number of imidazole rings is 1. The van der Waals surface area contributed by atoms with E-state index in [4.69, 9.17) is 14.6 Å². The average molecular weight is 589 g/mol. The van der Waals surface area contributed by atoms with Crippen molar-refractivity contribution in [2.24, 2.45) is 5.16 Å². The van der Waals surface area contributed by atoms with Gasteiger partial charge in [0.25, 0.3) is 5.91 Å². The van der Waals surface area contributed by atoms with Crippen LogP contribution in [0.2, 0.25) is 0 Å². The van der Waals surface area contributed by atoms with Gasteiger partial charge in [0.1, 0.15) is 22.9 Å². The summed E-state index contributed by atoms with van der Waals surface area (Å²) in [4.78, 5) is 46.4. The molecule has 1 aromatic carbocycles. The summed E-state index contributed by atoms with van der Waals surface area (Å²) in [5.41, 5.74) is 2.45. The molecule has 1 amide bonds. The summed E-state index contributed by atoms with van der Waals surface area (Å²) in [6.45, 7) is 8.19. The van der Waals surface area contributed by atoms with Crippen LogP contribution in [0.4, 0.5) is 0 Å². The lowest BCUT2D eigenvalue weighted by Gasteiger charge is -2.39. The standard InChI is InChI=1S/C33H44N6O4/c1-5-24(40)12-7-6-8-14-27(36-31(41)28-20-33(43-38-28)15-17-39(18-16-33)22(2)3)30-34-21-29(35-30)25-19-23-11-9-10-13-26(23)37-32(25)42-4/h9-11,13,19,21-22,27H,5-8,12,14-18,20H2,1-4H3,(H,34,35)(H,36,41)/t27-/m0/s1. The van der Waals surface area contributed by atoms with Crippen LogP contribution in [0.1, 0.15) is 90.4 Å². The number of hydrogen-bond acceptors (Lipinski definition) is 8. The highest BCUT2D eigenvalue weighted by Gasteiger charge is 2.44. The minimum Gasteiger partial charge on any atom is -0.480 e. The predicted octanol–water partition coefficient (Wildman–Crippen LogP) is 5.74. The number of amides is 1. The number of carbonyl (C=O) groups is 2. The Balaban J connectivity index is 1.30. The van der Waals surface area contributed by atoms with Gasteiger partial charge < -0.3 is 24.8 Å². The number of benzene rings is 1. The van der Waals surface area contributed by atoms with Crippen LogP contribution in [-0.4, -0.2) is 69.1 Å². The first-order valence-electron chi connectivity index (χ1n) is 15.6. The number of nitrogens with one attached hydrogen (secondary N) is 2. The quantitative estimate of drug-likeness (QED) is 0.244. The molecule has 5 rings (SSSR count). The number of para-hydroxylation sites is 1. The van der Waals surface area contributed by atoms with Gasteiger partial charge >= 0.3 is 0 Å². The van der Waals surface area contributed by atoms with Gasteiger partial charge in [0.05, 0.1) is 36.1 Å². The van der Waals surface area contributed by atoms with Crippen molar-refractivity contribution in [1.82, 2.24) is 25.2 Å². The van der Waals surface area contributed by atoms with Gasteiger partial charge in [0, 0.05) is 56.6 Å². The zero-order chi connectivity index (χ0) is 30.4. The number of pyridine rings is 1. The average Bonchev–Trinajstić information content (AvgIpc) is 3.68. The number of H-pyrrole nitrogens is 1. The molecule has 4 heterocycles. The van der Waals surface area contributed by atoms with Crippen LogP contribution < -0.4 is 10.1 Å². The number of rotatable bonds is 13. The predicted molar refractivity (Wildman–Crippen MR) is 167 cm³/mol. The Hall–Kier alpha value is -3.79. The van der Waals surface area contributed by atoms with E-state index in [-0.39, 0.29) is 17.7 Å². The van der Waals surface area contributed by atoms with Crippen LogP contribution in [0, 0.1) is 0 Å². The third kappa shape index (κ3) is 7.24. The van der Waals surface area contributed by atoms with Gasteiger partial charge in [-0.15, -0.1) is 0 Å². The van der Waals surface area contributed by atoms with Crippen LogP contribution in [0.25, 0.3) is 22.2 Å². The molecule has 1 atom stereocenters. The van der Waals surface area contributed by atoms with Crippen molar-refractivity contribution >= 4 is 28.3 Å². The molecule has 2 N–H and O–H groups in total. The van der Waals surface area contributed by atoms with Gasteiger partial charge in [-0.05, 0) is 38.8 Å². The summed E-state index contributed by atoms with van der Waals surface area (Å²) in [5, 5.41) is 8.45. The first-order chi connectivity index (χ1) is 20.8. The monoisotopic (exact) mass is 588 g/mol. The molecule has 0 radical (unpaired) electrons. The minimum atomic E-state index is -0.392. The zero-order valence-electron chi connectivity index (χ0n) is 25.8. The number of unbranched alkanes of at least 4 members (excludes halogenated alkanes) is 2. The van der Waals surface area contributed by atoms with Gasteiger partial charge in [0.15, 0.2) is 0 Å². The molecule has 43 heavy (non-hydrogen) atoms. The van der Waals surface area contributed by atoms with E-state index in [1.807, 2.05) is 37.3 Å². The molecule has 1 saturated heterocycles. The normalized spacial score (nSPS) is 17.2. The number of hydrogen-bond donors (Lipinski definition) is 2. The van der Waals surface area contributed by atoms with Crippen molar-refractivity contribution in [2.75, 3.05) is 20.2 Å². The van der Waals surface area contributed by atoms with E-state index in [1.54, 1.807) is 13.3 Å². The Morgan fingerprint density at radius 3 is 2.70 bits per heavy atom. The lowest BCUT2D eigenvalue weighted by molar-refractivity contribution is -0.119. The first kappa shape index (κ1) is 30.7. The van der Waals surface area contributed by atoms with Gasteiger partial charge in [-0.1, -0.05) is 43.1 Å². The Bertz CT molecular complexity index is 1460. The number of nitrogens with zero attached hydrogens (tertiary/aromatic N) is 4. The minimum absolute atomic E-state index is 0.225. The number of methoxy groups -OCH3 is 1. The largest absolute Gasteiger partial charge is 0.480 e. The molecule has 0 saturated carbocycles. The van der Waals surface area contributed by atoms with Gasteiger partial charge in [-0.25, -0.2) is 9.97 Å². The van der Waals surface area contributed by atoms with Crippen molar-refractivity contribution in [3.8, 4) is 17.1 Å². The number of piperidine rings is 1. The van der Waals surface area contributed by atoms with Crippen molar-refractivity contribution in [1.29, 1.82) is 0 Å². The second-order valence-corrected chi connectivity index (χ2v) is 12.1. The summed E-state index contributed by atoms with van der Waals surface area (Å²) in [6.07, 6.45) is 8.41. The number of Topliss-reactive ketones (excluding diaryl/α,β-unsaturated/α-hetero) is 1. The van der Waals surface area contributed by atoms with Crippen LogP contribution in [0.5, 0.6) is 5.88 Å². The van der Waals surface area contributed by atoms with Gasteiger partial charge in [0.2, 0.25) is 5.88 Å². The van der Waals surface area contributed by atoms with E-state index in [0.29, 0.717) is 49.1 Å². The van der Waals surface area contributed by atoms with E-state index < -0.39 is 5.60 Å². The first-order valence-corrected chi connectivity index (χ1v) is 15.6. The van der Waals surface area contributed by atoms with Crippen LogP contribution >= 0.6 is 0 Å². The second-order valence-electron chi connectivity index (χ2n) is 12.1. The van der Waals surface area contributed by atoms with E-state index >= 15 is 0 Å². The van der Waals surface area contributed by atoms with Crippen LogP contribution in [-0.2, 0) is 14.4 Å². The highest BCUT2D eigenvalue weighted by molar-refractivity contribution is 6.39. The second kappa shape index (κ2) is 13.7. The number of carbonyl (C=O) groups excluding carboxylic acids is 2. The van der Waals surface area contributed by atoms with Gasteiger partial charge in [-0.2, -0.15) is 0 Å². The van der Waals surface area contributed by atoms with E-state index in [2.05, 4.69) is 39.2 Å². The van der Waals surface area contributed by atoms with Crippen molar-refractivity contribution in [3.63, 3.8) is 0 Å². The Labute approximate surface area is 253 Å². The number of fused-ring (bicyclic) bond motifs is 1. The zero-order valence-corrected chi connectivity index (χ0v) is 25.8. The third-order valence-electron chi connectivity index (χ3n) is 8.79. The molecule has 3 aromatic rings. The Morgan fingerprint density at radius 2 is 1.95 bits per heavy atom. The number of aromatic amines is 1. The fourth-order valence-electron chi connectivity index (χ4n) is 6.00. The van der Waals surface area contributed by atoms with Crippen LogP contribution in [0.15, 0.2) is 41.7 Å².